The van der Waals surface area contributed by atoms with Crippen molar-refractivity contribution >= 4 is 28.5 Å². The van der Waals surface area contributed by atoms with Gasteiger partial charge in [-0.05, 0) is 36.2 Å². The highest BCUT2D eigenvalue weighted by Crippen LogP contribution is 2.32. The molecule has 3 aromatic rings. The van der Waals surface area contributed by atoms with Crippen LogP contribution in [0.15, 0.2) is 48.8 Å². The molecule has 0 unspecified atom stereocenters. The summed E-state index contributed by atoms with van der Waals surface area (Å²) < 4.78 is 15.4. The van der Waals surface area contributed by atoms with E-state index < -0.39 is 11.7 Å². The smallest absolute Gasteiger partial charge is 0.228 e. The molecule has 7 heteroatoms. The highest BCUT2D eigenvalue weighted by atomic mass is 19.1. The maximum absolute atomic E-state index is 13.4. The molecule has 0 fully saturated rings. The second-order valence-electron chi connectivity index (χ2n) is 6.61. The predicted molar refractivity (Wildman–Crippen MR) is 99.7 cm³/mol. The first-order chi connectivity index (χ1) is 13.1. The Balaban J connectivity index is 1.37. The van der Waals surface area contributed by atoms with Gasteiger partial charge in [0.2, 0.25) is 11.8 Å². The minimum absolute atomic E-state index is 0.0661. The summed E-state index contributed by atoms with van der Waals surface area (Å²) in [5, 5.41) is 5.51. The highest BCUT2D eigenvalue weighted by Gasteiger charge is 2.30. The van der Waals surface area contributed by atoms with Gasteiger partial charge < -0.3 is 15.2 Å². The molecular weight excluding hydrogens is 347 g/mol. The molecule has 1 aliphatic rings. The minimum Gasteiger partial charge on any atom is -0.355 e. The number of anilines is 1. The van der Waals surface area contributed by atoms with Gasteiger partial charge in [-0.3, -0.25) is 9.59 Å². The van der Waals surface area contributed by atoms with Crippen LogP contribution in [-0.4, -0.2) is 27.9 Å². The number of nitrogens with one attached hydrogen (secondary N) is 2. The van der Waals surface area contributed by atoms with Crippen molar-refractivity contribution in [1.82, 2.24) is 14.9 Å². The van der Waals surface area contributed by atoms with E-state index in [1.54, 1.807) is 12.4 Å². The first-order valence-corrected chi connectivity index (χ1v) is 8.89. The number of rotatable bonds is 5. The summed E-state index contributed by atoms with van der Waals surface area (Å²) in [6, 6.07) is 12.0. The number of hydrogen-bond donors (Lipinski definition) is 2. The van der Waals surface area contributed by atoms with Crippen LogP contribution in [-0.2, 0) is 16.1 Å². The third-order valence-corrected chi connectivity index (χ3v) is 4.77. The Bertz CT molecular complexity index is 1010. The zero-order valence-electron chi connectivity index (χ0n) is 14.6. The fourth-order valence-electron chi connectivity index (χ4n) is 3.44. The van der Waals surface area contributed by atoms with Crippen LogP contribution in [0.4, 0.5) is 10.1 Å². The SMILES string of the molecule is O=C1C[C@H](C(=O)NCCCn2cnc3ccccc32)c2ccc(F)cc2N1. The summed E-state index contributed by atoms with van der Waals surface area (Å²) in [6.07, 6.45) is 2.60. The second-order valence-corrected chi connectivity index (χ2v) is 6.61. The Hall–Kier alpha value is -3.22. The number of para-hydroxylation sites is 2. The molecule has 1 aromatic heterocycles. The number of aromatic nitrogens is 2. The Morgan fingerprint density at radius 3 is 3.04 bits per heavy atom. The maximum atomic E-state index is 13.4. The summed E-state index contributed by atoms with van der Waals surface area (Å²) in [4.78, 5) is 28.7. The Morgan fingerprint density at radius 2 is 2.15 bits per heavy atom. The van der Waals surface area contributed by atoms with Crippen LogP contribution in [0.2, 0.25) is 0 Å². The van der Waals surface area contributed by atoms with Crippen LogP contribution < -0.4 is 10.6 Å². The molecule has 2 amide bonds. The fraction of sp³-hybridized carbons (Fsp3) is 0.250. The van der Waals surface area contributed by atoms with Crippen molar-refractivity contribution in [3.05, 3.63) is 60.2 Å². The molecule has 138 valence electrons. The summed E-state index contributed by atoms with van der Waals surface area (Å²) in [5.74, 6) is -1.53. The van der Waals surface area contributed by atoms with Gasteiger partial charge in [-0.2, -0.15) is 0 Å². The molecule has 0 radical (unpaired) electrons. The highest BCUT2D eigenvalue weighted by molar-refractivity contribution is 6.01. The summed E-state index contributed by atoms with van der Waals surface area (Å²) in [7, 11) is 0. The van der Waals surface area contributed by atoms with E-state index >= 15 is 0 Å². The summed E-state index contributed by atoms with van der Waals surface area (Å²) in [6.45, 7) is 1.22. The average Bonchev–Trinajstić information content (AvgIpc) is 3.07. The lowest BCUT2D eigenvalue weighted by Gasteiger charge is -2.24. The van der Waals surface area contributed by atoms with Gasteiger partial charge in [-0.15, -0.1) is 0 Å². The van der Waals surface area contributed by atoms with Gasteiger partial charge in [0.25, 0.3) is 0 Å². The fourth-order valence-corrected chi connectivity index (χ4v) is 3.44. The van der Waals surface area contributed by atoms with Gasteiger partial charge in [-0.25, -0.2) is 9.37 Å². The van der Waals surface area contributed by atoms with E-state index in [0.717, 1.165) is 24.0 Å². The van der Waals surface area contributed by atoms with Crippen LogP contribution in [0.1, 0.15) is 24.3 Å². The zero-order chi connectivity index (χ0) is 18.8. The number of fused-ring (bicyclic) bond motifs is 2. The topological polar surface area (TPSA) is 76.0 Å². The number of hydrogen-bond acceptors (Lipinski definition) is 3. The van der Waals surface area contributed by atoms with Gasteiger partial charge in [-0.1, -0.05) is 18.2 Å². The maximum Gasteiger partial charge on any atom is 0.228 e. The number of amides is 2. The van der Waals surface area contributed by atoms with Gasteiger partial charge >= 0.3 is 0 Å². The number of imidazole rings is 1. The van der Waals surface area contributed by atoms with Crippen LogP contribution in [0.3, 0.4) is 0 Å². The number of nitrogens with zero attached hydrogens (tertiary/aromatic N) is 2. The molecule has 27 heavy (non-hydrogen) atoms. The van der Waals surface area contributed by atoms with E-state index in [1.165, 1.54) is 12.1 Å². The molecule has 1 atom stereocenters. The lowest BCUT2D eigenvalue weighted by molar-refractivity contribution is -0.126. The molecule has 2 N–H and O–H groups in total. The molecule has 4 rings (SSSR count). The normalized spacial score (nSPS) is 16.0. The summed E-state index contributed by atoms with van der Waals surface area (Å²) in [5.41, 5.74) is 3.02. The molecule has 0 aliphatic carbocycles. The third kappa shape index (κ3) is 3.53. The van der Waals surface area contributed by atoms with Crippen LogP contribution in [0, 0.1) is 5.82 Å². The van der Waals surface area contributed by atoms with E-state index in [9.17, 15) is 14.0 Å². The molecule has 1 aliphatic heterocycles. The van der Waals surface area contributed by atoms with E-state index in [1.807, 2.05) is 28.8 Å². The van der Waals surface area contributed by atoms with E-state index in [0.29, 0.717) is 17.8 Å². The molecule has 0 saturated heterocycles. The minimum atomic E-state index is -0.594. The predicted octanol–water partition coefficient (Wildman–Crippen LogP) is 2.81. The van der Waals surface area contributed by atoms with Crippen LogP contribution in [0.5, 0.6) is 0 Å². The molecule has 2 aromatic carbocycles. The Kier molecular flexibility index (Phi) is 4.58. The van der Waals surface area contributed by atoms with Gasteiger partial charge in [0.15, 0.2) is 0 Å². The third-order valence-electron chi connectivity index (χ3n) is 4.77. The van der Waals surface area contributed by atoms with Crippen LogP contribution >= 0.6 is 0 Å². The molecular formula is C20H19FN4O2. The standard InChI is InChI=1S/C20H19FN4O2/c21-13-6-7-14-15(11-19(26)24-17(14)10-13)20(27)22-8-3-9-25-12-23-16-4-1-2-5-18(16)25/h1-2,4-7,10,12,15H,3,8-9,11H2,(H,22,27)(H,24,26)/t15-/m0/s1. The lowest BCUT2D eigenvalue weighted by Crippen LogP contribution is -2.35. The Morgan fingerprint density at radius 1 is 1.30 bits per heavy atom. The monoisotopic (exact) mass is 366 g/mol. The van der Waals surface area contributed by atoms with Crippen molar-refractivity contribution in [2.75, 3.05) is 11.9 Å². The average molecular weight is 366 g/mol. The van der Waals surface area contributed by atoms with Crippen molar-refractivity contribution in [1.29, 1.82) is 0 Å². The Labute approximate surface area is 155 Å². The van der Waals surface area contributed by atoms with Gasteiger partial charge in [0, 0.05) is 25.2 Å². The zero-order valence-corrected chi connectivity index (χ0v) is 14.6. The molecule has 0 saturated carbocycles. The first-order valence-electron chi connectivity index (χ1n) is 8.89. The van der Waals surface area contributed by atoms with E-state index in [-0.39, 0.29) is 18.2 Å². The number of carbonyl (C=O) groups is 2. The molecule has 2 heterocycles. The van der Waals surface area contributed by atoms with E-state index in [4.69, 9.17) is 0 Å². The number of aryl methyl sites for hydroxylation is 1. The van der Waals surface area contributed by atoms with Crippen molar-refractivity contribution in [2.24, 2.45) is 0 Å². The van der Waals surface area contributed by atoms with Crippen LogP contribution in [0.25, 0.3) is 11.0 Å². The van der Waals surface area contributed by atoms with Crippen molar-refractivity contribution < 1.29 is 14.0 Å². The molecule has 6 nitrogen and oxygen atoms in total. The lowest BCUT2D eigenvalue weighted by atomic mass is 9.89. The van der Waals surface area contributed by atoms with Crippen molar-refractivity contribution in [2.45, 2.75) is 25.3 Å². The largest absolute Gasteiger partial charge is 0.355 e. The number of halogens is 1. The summed E-state index contributed by atoms with van der Waals surface area (Å²) >= 11 is 0. The number of carbonyl (C=O) groups excluding carboxylic acids is 2. The molecule has 0 spiro atoms. The quantitative estimate of drug-likeness (QED) is 0.682. The number of benzene rings is 2. The van der Waals surface area contributed by atoms with Crippen molar-refractivity contribution in [3.8, 4) is 0 Å². The van der Waals surface area contributed by atoms with Crippen molar-refractivity contribution in [3.63, 3.8) is 0 Å². The van der Waals surface area contributed by atoms with Gasteiger partial charge in [0.05, 0.1) is 23.3 Å². The van der Waals surface area contributed by atoms with Gasteiger partial charge in [0.1, 0.15) is 5.82 Å². The second kappa shape index (κ2) is 7.19. The van der Waals surface area contributed by atoms with E-state index in [2.05, 4.69) is 15.6 Å². The first kappa shape index (κ1) is 17.2. The molecule has 0 bridgehead atoms.